The summed E-state index contributed by atoms with van der Waals surface area (Å²) in [5, 5.41) is 33.2. The molecular formula is C33H57N5O4. The predicted molar refractivity (Wildman–Crippen MR) is 167 cm³/mol. The van der Waals surface area contributed by atoms with E-state index in [9.17, 15) is 19.9 Å². The number of hydrogen-bond donors (Lipinski definition) is 5. The van der Waals surface area contributed by atoms with E-state index in [1.807, 2.05) is 33.8 Å². The second kappa shape index (κ2) is 13.6. The Kier molecular flexibility index (Phi) is 10.7. The molecular weight excluding hydrogens is 530 g/mol. The number of allylic oxidation sites excluding steroid dienone is 2. The molecule has 0 aromatic carbocycles. The molecule has 1 saturated heterocycles. The number of nitrogens with two attached hydrogens (primary N) is 1. The third-order valence-corrected chi connectivity index (χ3v) is 10.8. The number of carbonyl (C=O) groups is 1. The molecule has 4 rings (SSSR count). The van der Waals surface area contributed by atoms with Crippen molar-refractivity contribution >= 4 is 5.91 Å². The van der Waals surface area contributed by atoms with E-state index in [-0.39, 0.29) is 34.7 Å². The van der Waals surface area contributed by atoms with Crippen molar-refractivity contribution in [3.63, 3.8) is 0 Å². The van der Waals surface area contributed by atoms with Crippen molar-refractivity contribution in [3.05, 3.63) is 28.7 Å². The van der Waals surface area contributed by atoms with Gasteiger partial charge in [-0.1, -0.05) is 55.7 Å². The second-order valence-electron chi connectivity index (χ2n) is 15.2. The Morgan fingerprint density at radius 2 is 1.95 bits per heavy atom. The van der Waals surface area contributed by atoms with E-state index in [2.05, 4.69) is 33.7 Å². The molecule has 1 amide bonds. The van der Waals surface area contributed by atoms with Crippen LogP contribution in [0.25, 0.3) is 0 Å². The standard InChI is InChI=1S/C33H57N5O4/c1-22-24(14-11-15-25(22)37-42)29(40)35-26(18-23-12-7-6-8-13-23)28(39)20-38-21-33(34)17-10-9-16-32(33,5)19-27(38)30(41)36-31(2,3)4/h11-12,15,22,24-28,30,36,39,41H,6-10,13-14,16-21,34H2,1-5H3,(H,35,40)/t22?,24?,25?,26-,27+,28+,30?,32?,33-/m0/s1. The molecule has 2 fully saturated rings. The highest BCUT2D eigenvalue weighted by Gasteiger charge is 2.54. The fourth-order valence-electron chi connectivity index (χ4n) is 7.99. The Labute approximate surface area is 253 Å². The average molecular weight is 588 g/mol. The number of likely N-dealkylation sites (tertiary alicyclic amines) is 1. The third-order valence-electron chi connectivity index (χ3n) is 10.8. The maximum Gasteiger partial charge on any atom is 0.224 e. The zero-order chi connectivity index (χ0) is 30.7. The van der Waals surface area contributed by atoms with Gasteiger partial charge in [0.2, 0.25) is 5.91 Å². The molecule has 1 heterocycles. The molecule has 1 saturated carbocycles. The number of nitroso groups, excluding NO2 is 1. The van der Waals surface area contributed by atoms with Crippen LogP contribution < -0.4 is 16.4 Å². The number of β-amino-alcohol motifs (C(OH)–C–C–N with tert-alkyl or cyclic N) is 1. The minimum atomic E-state index is -0.855. The van der Waals surface area contributed by atoms with E-state index in [1.54, 1.807) is 6.08 Å². The molecule has 42 heavy (non-hydrogen) atoms. The first-order valence-electron chi connectivity index (χ1n) is 16.4. The first-order chi connectivity index (χ1) is 19.7. The lowest BCUT2D eigenvalue weighted by atomic mass is 9.57. The van der Waals surface area contributed by atoms with E-state index < -0.39 is 30.0 Å². The van der Waals surface area contributed by atoms with Gasteiger partial charge < -0.3 is 21.3 Å². The minimum absolute atomic E-state index is 0.0910. The zero-order valence-electron chi connectivity index (χ0n) is 26.6. The van der Waals surface area contributed by atoms with E-state index in [1.165, 1.54) is 12.0 Å². The van der Waals surface area contributed by atoms with Gasteiger partial charge in [0.1, 0.15) is 12.3 Å². The fraction of sp³-hybridized carbons (Fsp3) is 0.848. The molecule has 0 aromatic heterocycles. The van der Waals surface area contributed by atoms with Crippen LogP contribution in [0, 0.1) is 22.2 Å². The summed E-state index contributed by atoms with van der Waals surface area (Å²) in [6.45, 7) is 11.2. The lowest BCUT2D eigenvalue weighted by Crippen LogP contribution is -2.72. The van der Waals surface area contributed by atoms with Crippen LogP contribution >= 0.6 is 0 Å². The van der Waals surface area contributed by atoms with Crippen LogP contribution in [0.1, 0.15) is 105 Å². The molecule has 9 nitrogen and oxygen atoms in total. The summed E-state index contributed by atoms with van der Waals surface area (Å²) in [7, 11) is 0. The van der Waals surface area contributed by atoms with Gasteiger partial charge in [-0.15, -0.1) is 0 Å². The third kappa shape index (κ3) is 7.70. The highest BCUT2D eigenvalue weighted by atomic mass is 16.3. The molecule has 0 bridgehead atoms. The monoisotopic (exact) mass is 587 g/mol. The number of nitrogens with one attached hydrogen (secondary N) is 2. The lowest BCUT2D eigenvalue weighted by molar-refractivity contribution is -0.129. The maximum absolute atomic E-state index is 13.6. The molecule has 1 aliphatic heterocycles. The topological polar surface area (TPSA) is 140 Å². The molecule has 6 N–H and O–H groups in total. The van der Waals surface area contributed by atoms with Crippen LogP contribution in [-0.4, -0.2) is 75.6 Å². The Balaban J connectivity index is 1.56. The Hall–Kier alpha value is -1.65. The summed E-state index contributed by atoms with van der Waals surface area (Å²) < 4.78 is 0. The smallest absolute Gasteiger partial charge is 0.224 e. The van der Waals surface area contributed by atoms with Crippen LogP contribution in [0.3, 0.4) is 0 Å². The number of carbonyl (C=O) groups excluding carboxylic acids is 1. The van der Waals surface area contributed by atoms with Crippen molar-refractivity contribution < 1.29 is 15.0 Å². The fourth-order valence-corrected chi connectivity index (χ4v) is 7.99. The highest BCUT2D eigenvalue weighted by Crippen LogP contribution is 2.50. The van der Waals surface area contributed by atoms with Crippen molar-refractivity contribution in [3.8, 4) is 0 Å². The summed E-state index contributed by atoms with van der Waals surface area (Å²) >= 11 is 0. The van der Waals surface area contributed by atoms with Crippen molar-refractivity contribution in [2.24, 2.45) is 28.2 Å². The van der Waals surface area contributed by atoms with Gasteiger partial charge in [0.05, 0.1) is 12.1 Å². The van der Waals surface area contributed by atoms with Crippen LogP contribution in [0.4, 0.5) is 0 Å². The van der Waals surface area contributed by atoms with Gasteiger partial charge in [-0.2, -0.15) is 4.91 Å². The van der Waals surface area contributed by atoms with Gasteiger partial charge in [-0.3, -0.25) is 15.0 Å². The number of aliphatic hydroxyl groups excluding tert-OH is 2. The van der Waals surface area contributed by atoms with Crippen LogP contribution in [0.15, 0.2) is 29.0 Å². The first-order valence-corrected chi connectivity index (χ1v) is 16.4. The SMILES string of the molecule is CC1C(N=O)C=CCC1C(=O)N[C@@H](CC1=CCCCC1)[C@H](O)CN1C[C@@]2(N)CCCCC2(C)C[C@@H]1C(O)NC(C)(C)C. The van der Waals surface area contributed by atoms with Gasteiger partial charge in [0.25, 0.3) is 0 Å². The first kappa shape index (κ1) is 33.2. The number of aliphatic hydroxyl groups is 2. The average Bonchev–Trinajstić information content (AvgIpc) is 2.92. The highest BCUT2D eigenvalue weighted by molar-refractivity contribution is 5.80. The van der Waals surface area contributed by atoms with E-state index in [4.69, 9.17) is 5.73 Å². The number of nitrogens with zero attached hydrogens (tertiary/aromatic N) is 2. The minimum Gasteiger partial charge on any atom is -0.390 e. The van der Waals surface area contributed by atoms with Gasteiger partial charge >= 0.3 is 0 Å². The molecule has 3 aliphatic carbocycles. The summed E-state index contributed by atoms with van der Waals surface area (Å²) in [4.78, 5) is 27.2. The van der Waals surface area contributed by atoms with Gasteiger partial charge in [-0.25, -0.2) is 0 Å². The number of hydrogen-bond acceptors (Lipinski definition) is 8. The molecule has 9 atom stereocenters. The summed E-state index contributed by atoms with van der Waals surface area (Å²) in [6, 6.07) is -1.22. The lowest BCUT2D eigenvalue weighted by Gasteiger charge is -2.59. The predicted octanol–water partition coefficient (Wildman–Crippen LogP) is 4.13. The number of amides is 1. The summed E-state index contributed by atoms with van der Waals surface area (Å²) in [6.07, 6.45) is 14.7. The Morgan fingerprint density at radius 1 is 1.21 bits per heavy atom. The summed E-state index contributed by atoms with van der Waals surface area (Å²) in [5.41, 5.74) is 7.66. The molecule has 9 heteroatoms. The maximum atomic E-state index is 13.6. The van der Waals surface area contributed by atoms with Crippen LogP contribution in [0.2, 0.25) is 0 Å². The number of piperidine rings is 1. The second-order valence-corrected chi connectivity index (χ2v) is 15.2. The summed E-state index contributed by atoms with van der Waals surface area (Å²) in [5.74, 6) is -0.713. The Bertz CT molecular complexity index is 1010. The largest absolute Gasteiger partial charge is 0.390 e. The van der Waals surface area contributed by atoms with Crippen molar-refractivity contribution in [1.82, 2.24) is 15.5 Å². The van der Waals surface area contributed by atoms with Crippen molar-refractivity contribution in [2.75, 3.05) is 13.1 Å². The van der Waals surface area contributed by atoms with Gasteiger partial charge in [-0.05, 0) is 89.9 Å². The van der Waals surface area contributed by atoms with Crippen LogP contribution in [-0.2, 0) is 4.79 Å². The van der Waals surface area contributed by atoms with E-state index >= 15 is 0 Å². The number of rotatable bonds is 10. The molecule has 0 spiro atoms. The van der Waals surface area contributed by atoms with Gasteiger partial charge in [0.15, 0.2) is 0 Å². The number of fused-ring (bicyclic) bond motifs is 1. The molecule has 5 unspecified atom stereocenters. The molecule has 238 valence electrons. The van der Waals surface area contributed by atoms with Gasteiger partial charge in [0, 0.05) is 36.1 Å². The Morgan fingerprint density at radius 3 is 2.62 bits per heavy atom. The normalized spacial score (nSPS) is 36.3. The van der Waals surface area contributed by atoms with Crippen molar-refractivity contribution in [2.45, 2.75) is 147 Å². The molecule has 4 aliphatic rings. The molecule has 0 aromatic rings. The molecule has 0 radical (unpaired) electrons. The zero-order valence-corrected chi connectivity index (χ0v) is 26.6. The van der Waals surface area contributed by atoms with Crippen molar-refractivity contribution in [1.29, 1.82) is 0 Å². The van der Waals surface area contributed by atoms with E-state index in [0.29, 0.717) is 25.9 Å². The van der Waals surface area contributed by atoms with E-state index in [0.717, 1.165) is 51.4 Å². The van der Waals surface area contributed by atoms with Crippen LogP contribution in [0.5, 0.6) is 0 Å². The quantitative estimate of drug-likeness (QED) is 0.147.